The van der Waals surface area contributed by atoms with E-state index >= 15 is 0 Å². The van der Waals surface area contributed by atoms with Gasteiger partial charge in [0.2, 0.25) is 5.88 Å². The van der Waals surface area contributed by atoms with E-state index in [0.29, 0.717) is 24.2 Å². The highest BCUT2D eigenvalue weighted by Crippen LogP contribution is 2.27. The molecule has 37 heavy (non-hydrogen) atoms. The number of pyridine rings is 1. The number of carbonyl (C=O) groups excluding carboxylic acids is 2. The van der Waals surface area contributed by atoms with Gasteiger partial charge in [0, 0.05) is 42.4 Å². The van der Waals surface area contributed by atoms with Gasteiger partial charge in [0.05, 0.1) is 19.2 Å². The molecule has 7 nitrogen and oxygen atoms in total. The van der Waals surface area contributed by atoms with Crippen LogP contribution < -0.4 is 4.74 Å². The van der Waals surface area contributed by atoms with E-state index in [1.807, 2.05) is 55.5 Å². The fourth-order valence-electron chi connectivity index (χ4n) is 4.21. The number of aliphatic hydroxyl groups is 1. The van der Waals surface area contributed by atoms with Gasteiger partial charge < -0.3 is 19.6 Å². The first kappa shape index (κ1) is 25.9. The maximum atomic E-state index is 13.6. The number of fused-ring (bicyclic) bond motifs is 1. The molecule has 1 N–H and O–H groups in total. The zero-order valence-electron chi connectivity index (χ0n) is 21.3. The zero-order valence-corrected chi connectivity index (χ0v) is 21.3. The minimum Gasteiger partial charge on any atom is -0.472 e. The summed E-state index contributed by atoms with van der Waals surface area (Å²) >= 11 is 0. The molecule has 2 aromatic carbocycles. The van der Waals surface area contributed by atoms with E-state index < -0.39 is 12.1 Å². The summed E-state index contributed by atoms with van der Waals surface area (Å²) in [5, 5.41) is 9.86. The molecule has 1 aliphatic rings. The topological polar surface area (TPSA) is 83.0 Å². The number of rotatable bonds is 5. The summed E-state index contributed by atoms with van der Waals surface area (Å²) in [6, 6.07) is 19.9. The quantitative estimate of drug-likeness (QED) is 0.546. The van der Waals surface area contributed by atoms with Crippen molar-refractivity contribution in [2.24, 2.45) is 5.92 Å². The molecule has 0 radical (unpaired) electrons. The van der Waals surface area contributed by atoms with Crippen LogP contribution in [0.15, 0.2) is 72.9 Å². The summed E-state index contributed by atoms with van der Waals surface area (Å²) < 4.78 is 6.29. The second-order valence-electron chi connectivity index (χ2n) is 9.37. The molecule has 0 bridgehead atoms. The molecule has 0 spiro atoms. The lowest BCUT2D eigenvalue weighted by molar-refractivity contribution is 0.0313. The van der Waals surface area contributed by atoms with Gasteiger partial charge in [-0.25, -0.2) is 4.98 Å². The minimum absolute atomic E-state index is 0.116. The lowest BCUT2D eigenvalue weighted by Gasteiger charge is -2.37. The lowest BCUT2D eigenvalue weighted by Crippen LogP contribution is -2.50. The van der Waals surface area contributed by atoms with Crippen LogP contribution in [0.5, 0.6) is 5.88 Å². The highest BCUT2D eigenvalue weighted by molar-refractivity contribution is 5.97. The predicted molar refractivity (Wildman–Crippen MR) is 141 cm³/mol. The fraction of sp³-hybridized carbons (Fsp3) is 0.300. The van der Waals surface area contributed by atoms with Gasteiger partial charge >= 0.3 is 0 Å². The van der Waals surface area contributed by atoms with E-state index in [1.165, 1.54) is 0 Å². The molecule has 0 aliphatic carbocycles. The number of ether oxygens (including phenoxy) is 1. The number of hydrogen-bond acceptors (Lipinski definition) is 5. The molecule has 3 aromatic rings. The smallest absolute Gasteiger partial charge is 0.259 e. The minimum atomic E-state index is -0.424. The predicted octanol–water partition coefficient (Wildman–Crippen LogP) is 3.47. The first-order chi connectivity index (χ1) is 17.9. The normalized spacial score (nSPS) is 17.8. The van der Waals surface area contributed by atoms with Crippen molar-refractivity contribution >= 4 is 11.8 Å². The Balaban J connectivity index is 1.65. The van der Waals surface area contributed by atoms with Crippen molar-refractivity contribution in [3.63, 3.8) is 0 Å². The van der Waals surface area contributed by atoms with Gasteiger partial charge in [-0.15, -0.1) is 0 Å². The second kappa shape index (κ2) is 11.7. The monoisotopic (exact) mass is 497 g/mol. The Kier molecular flexibility index (Phi) is 8.22. The maximum Gasteiger partial charge on any atom is 0.259 e. The Morgan fingerprint density at radius 2 is 1.78 bits per heavy atom. The highest BCUT2D eigenvalue weighted by Gasteiger charge is 2.34. The Morgan fingerprint density at radius 1 is 1.14 bits per heavy atom. The van der Waals surface area contributed by atoms with E-state index in [4.69, 9.17) is 4.74 Å². The summed E-state index contributed by atoms with van der Waals surface area (Å²) in [4.78, 5) is 34.3. The molecular formula is C30H31N3O4. The molecule has 1 aromatic heterocycles. The van der Waals surface area contributed by atoms with Crippen LogP contribution >= 0.6 is 0 Å². The molecule has 190 valence electrons. The molecule has 0 saturated carbocycles. The third kappa shape index (κ3) is 6.16. The van der Waals surface area contributed by atoms with Crippen LogP contribution in [0.1, 0.15) is 45.7 Å². The van der Waals surface area contributed by atoms with Crippen LogP contribution in [0.25, 0.3) is 0 Å². The number of nitrogens with zero attached hydrogens (tertiary/aromatic N) is 3. The van der Waals surface area contributed by atoms with Crippen LogP contribution in [0.4, 0.5) is 0 Å². The zero-order chi connectivity index (χ0) is 26.4. The Hall–Kier alpha value is -4.15. The van der Waals surface area contributed by atoms with Crippen molar-refractivity contribution in [2.45, 2.75) is 26.0 Å². The van der Waals surface area contributed by atoms with Crippen molar-refractivity contribution < 1.29 is 19.4 Å². The average molecular weight is 498 g/mol. The van der Waals surface area contributed by atoms with Gasteiger partial charge in [0.25, 0.3) is 11.8 Å². The molecule has 1 aliphatic heterocycles. The summed E-state index contributed by atoms with van der Waals surface area (Å²) in [6.45, 7) is 4.27. The van der Waals surface area contributed by atoms with Gasteiger partial charge in [-0.3, -0.25) is 9.59 Å². The standard InChI is InChI=1S/C30H31N3O4/c1-21-18-33(22(2)20-34)30(36)26-16-24(15-14-23-10-6-4-7-11-23)17-31-28(26)37-27(21)19-32(3)29(35)25-12-8-5-9-13-25/h4-13,16-17,21-22,27,34H,18-20H2,1-3H3/t21-,22-,27+/m1/s1. The van der Waals surface area contributed by atoms with Gasteiger partial charge in [-0.1, -0.05) is 55.2 Å². The largest absolute Gasteiger partial charge is 0.472 e. The van der Waals surface area contributed by atoms with Crippen molar-refractivity contribution in [3.05, 3.63) is 95.2 Å². The van der Waals surface area contributed by atoms with E-state index in [1.54, 1.807) is 48.2 Å². The second-order valence-corrected chi connectivity index (χ2v) is 9.37. The van der Waals surface area contributed by atoms with Crippen LogP contribution in [-0.4, -0.2) is 70.6 Å². The number of aliphatic hydroxyl groups excluding tert-OH is 1. The summed E-state index contributed by atoms with van der Waals surface area (Å²) in [7, 11) is 1.74. The maximum absolute atomic E-state index is 13.6. The first-order valence-electron chi connectivity index (χ1n) is 12.3. The van der Waals surface area contributed by atoms with E-state index in [0.717, 1.165) is 5.56 Å². The van der Waals surface area contributed by atoms with Crippen molar-refractivity contribution in [1.82, 2.24) is 14.8 Å². The molecule has 0 fully saturated rings. The number of benzene rings is 2. The van der Waals surface area contributed by atoms with Crippen molar-refractivity contribution in [2.75, 3.05) is 26.7 Å². The van der Waals surface area contributed by atoms with Crippen LogP contribution in [0.3, 0.4) is 0 Å². The third-order valence-electron chi connectivity index (χ3n) is 6.47. The Labute approximate surface area is 217 Å². The summed E-state index contributed by atoms with van der Waals surface area (Å²) in [5.74, 6) is 5.84. The molecule has 2 amide bonds. The molecular weight excluding hydrogens is 466 g/mol. The molecule has 3 atom stereocenters. The highest BCUT2D eigenvalue weighted by atomic mass is 16.5. The molecule has 2 heterocycles. The third-order valence-corrected chi connectivity index (χ3v) is 6.47. The van der Waals surface area contributed by atoms with E-state index in [9.17, 15) is 14.7 Å². The van der Waals surface area contributed by atoms with Gasteiger partial charge in [0.15, 0.2) is 0 Å². The van der Waals surface area contributed by atoms with Crippen LogP contribution in [-0.2, 0) is 0 Å². The number of carbonyl (C=O) groups is 2. The Morgan fingerprint density at radius 3 is 2.46 bits per heavy atom. The molecule has 0 unspecified atom stereocenters. The van der Waals surface area contributed by atoms with Gasteiger partial charge in [-0.2, -0.15) is 0 Å². The van der Waals surface area contributed by atoms with Gasteiger partial charge in [0.1, 0.15) is 11.7 Å². The molecule has 4 rings (SSSR count). The molecule has 7 heteroatoms. The SMILES string of the molecule is C[C@@H]1CN([C@H](C)CO)C(=O)c2cc(C#Cc3ccccc3)cnc2O[C@H]1CN(C)C(=O)c1ccccc1. The lowest BCUT2D eigenvalue weighted by atomic mass is 9.99. The summed E-state index contributed by atoms with van der Waals surface area (Å²) in [6.07, 6.45) is 1.16. The number of likely N-dealkylation sites (N-methyl/N-ethyl adjacent to an activating group) is 1. The van der Waals surface area contributed by atoms with Crippen molar-refractivity contribution in [3.8, 4) is 17.7 Å². The summed E-state index contributed by atoms with van der Waals surface area (Å²) in [5.41, 5.74) is 2.31. The van der Waals surface area contributed by atoms with Crippen molar-refractivity contribution in [1.29, 1.82) is 0 Å². The van der Waals surface area contributed by atoms with E-state index in [2.05, 4.69) is 16.8 Å². The van der Waals surface area contributed by atoms with Crippen LogP contribution in [0.2, 0.25) is 0 Å². The van der Waals surface area contributed by atoms with E-state index in [-0.39, 0.29) is 35.8 Å². The molecule has 0 saturated heterocycles. The van der Waals surface area contributed by atoms with Crippen LogP contribution in [0, 0.1) is 17.8 Å². The fourth-order valence-corrected chi connectivity index (χ4v) is 4.21. The number of amides is 2. The average Bonchev–Trinajstić information content (AvgIpc) is 2.94. The number of hydrogen-bond donors (Lipinski definition) is 1. The Bertz CT molecular complexity index is 1300. The number of aromatic nitrogens is 1. The van der Waals surface area contributed by atoms with Gasteiger partial charge in [-0.05, 0) is 37.3 Å². The first-order valence-corrected chi connectivity index (χ1v) is 12.3.